The van der Waals surface area contributed by atoms with Gasteiger partial charge in [-0.05, 0) is 50.4 Å². The molecule has 0 saturated heterocycles. The molecule has 0 spiro atoms. The Hall–Kier alpha value is -1.79. The quantitative estimate of drug-likeness (QED) is 0.786. The second kappa shape index (κ2) is 7.19. The molecule has 0 bridgehead atoms. The molecule has 1 heterocycles. The molecule has 7 heteroatoms. The second-order valence-corrected chi connectivity index (χ2v) is 5.98. The van der Waals surface area contributed by atoms with Gasteiger partial charge in [-0.3, -0.25) is 9.59 Å². The van der Waals surface area contributed by atoms with Gasteiger partial charge in [-0.1, -0.05) is 6.42 Å². The van der Waals surface area contributed by atoms with Crippen molar-refractivity contribution in [1.29, 1.82) is 0 Å². The Balaban J connectivity index is 0.00000192. The average Bonchev–Trinajstić information content (AvgIpc) is 2.97. The van der Waals surface area contributed by atoms with Gasteiger partial charge in [-0.15, -0.1) is 12.4 Å². The standard InChI is InChI=1S/C16H21N3O3.ClH/c1-9-15(20)19-13-7-11(5-6-14(13)22-9)18-16(21)12-4-2-3-10(12)8-17;/h5-7,9-10,12H,2-4,8,17H2,1H3,(H,18,21)(H,19,20);1H/t9?,10-,12-;/m1./s1. The first-order valence-corrected chi connectivity index (χ1v) is 7.71. The van der Waals surface area contributed by atoms with Crippen molar-refractivity contribution in [2.75, 3.05) is 17.2 Å². The number of rotatable bonds is 3. The maximum atomic E-state index is 12.4. The number of nitrogens with one attached hydrogen (secondary N) is 2. The molecule has 1 aromatic carbocycles. The third-order valence-electron chi connectivity index (χ3n) is 4.48. The van der Waals surface area contributed by atoms with E-state index in [0.717, 1.165) is 19.3 Å². The zero-order valence-electron chi connectivity index (χ0n) is 13.0. The van der Waals surface area contributed by atoms with E-state index < -0.39 is 6.10 Å². The molecular weight excluding hydrogens is 318 g/mol. The van der Waals surface area contributed by atoms with Crippen molar-refractivity contribution in [2.45, 2.75) is 32.3 Å². The number of fused-ring (bicyclic) bond motifs is 1. The van der Waals surface area contributed by atoms with E-state index in [1.165, 1.54) is 0 Å². The Kier molecular flexibility index (Phi) is 5.49. The van der Waals surface area contributed by atoms with Crippen molar-refractivity contribution < 1.29 is 14.3 Å². The maximum absolute atomic E-state index is 12.4. The number of amides is 2. The van der Waals surface area contributed by atoms with Crippen LogP contribution in [0.5, 0.6) is 5.75 Å². The molecule has 3 rings (SSSR count). The molecule has 23 heavy (non-hydrogen) atoms. The molecule has 4 N–H and O–H groups in total. The third kappa shape index (κ3) is 3.59. The molecule has 1 aliphatic heterocycles. The van der Waals surface area contributed by atoms with Crippen molar-refractivity contribution in [3.8, 4) is 5.75 Å². The van der Waals surface area contributed by atoms with Crippen molar-refractivity contribution in [3.05, 3.63) is 18.2 Å². The summed E-state index contributed by atoms with van der Waals surface area (Å²) >= 11 is 0. The van der Waals surface area contributed by atoms with Crippen LogP contribution < -0.4 is 21.1 Å². The van der Waals surface area contributed by atoms with Gasteiger partial charge in [0.15, 0.2) is 6.10 Å². The van der Waals surface area contributed by atoms with Gasteiger partial charge in [0.2, 0.25) is 5.91 Å². The number of anilines is 2. The summed E-state index contributed by atoms with van der Waals surface area (Å²) in [6.45, 7) is 2.24. The highest BCUT2D eigenvalue weighted by atomic mass is 35.5. The fourth-order valence-electron chi connectivity index (χ4n) is 3.19. The van der Waals surface area contributed by atoms with Crippen LogP contribution in [0.4, 0.5) is 11.4 Å². The lowest BCUT2D eigenvalue weighted by molar-refractivity contribution is -0.122. The van der Waals surface area contributed by atoms with E-state index >= 15 is 0 Å². The van der Waals surface area contributed by atoms with Crippen LogP contribution in [-0.2, 0) is 9.59 Å². The van der Waals surface area contributed by atoms with Crippen molar-refractivity contribution in [1.82, 2.24) is 0 Å². The smallest absolute Gasteiger partial charge is 0.265 e. The minimum Gasteiger partial charge on any atom is -0.479 e. The normalized spacial score (nSPS) is 25.7. The van der Waals surface area contributed by atoms with Gasteiger partial charge in [-0.2, -0.15) is 0 Å². The summed E-state index contributed by atoms with van der Waals surface area (Å²) in [5.74, 6) is 0.679. The fraction of sp³-hybridized carbons (Fsp3) is 0.500. The SMILES string of the molecule is CC1Oc2ccc(NC(=O)[C@@H]3CCC[C@@H]3CN)cc2NC1=O.Cl. The molecular formula is C16H22ClN3O3. The van der Waals surface area contributed by atoms with Gasteiger partial charge in [0, 0.05) is 11.6 Å². The summed E-state index contributed by atoms with van der Waals surface area (Å²) in [6, 6.07) is 5.27. The first kappa shape index (κ1) is 17.6. The van der Waals surface area contributed by atoms with Gasteiger partial charge in [0.05, 0.1) is 5.69 Å². The third-order valence-corrected chi connectivity index (χ3v) is 4.48. The fourth-order valence-corrected chi connectivity index (χ4v) is 3.19. The molecule has 0 aromatic heterocycles. The molecule has 126 valence electrons. The summed E-state index contributed by atoms with van der Waals surface area (Å²) in [7, 11) is 0. The van der Waals surface area contributed by atoms with E-state index in [0.29, 0.717) is 23.7 Å². The number of benzene rings is 1. The molecule has 1 aromatic rings. The minimum atomic E-state index is -0.503. The van der Waals surface area contributed by atoms with Crippen molar-refractivity contribution >= 4 is 35.6 Å². The van der Waals surface area contributed by atoms with Gasteiger partial charge >= 0.3 is 0 Å². The number of carbonyl (C=O) groups is 2. The van der Waals surface area contributed by atoms with Crippen LogP contribution in [0.3, 0.4) is 0 Å². The van der Waals surface area contributed by atoms with Crippen LogP contribution in [-0.4, -0.2) is 24.5 Å². The molecule has 0 radical (unpaired) electrons. The van der Waals surface area contributed by atoms with Crippen LogP contribution in [0.25, 0.3) is 0 Å². The lowest BCUT2D eigenvalue weighted by Crippen LogP contribution is -2.34. The van der Waals surface area contributed by atoms with Crippen molar-refractivity contribution in [2.24, 2.45) is 17.6 Å². The zero-order valence-corrected chi connectivity index (χ0v) is 13.8. The van der Waals surface area contributed by atoms with Gasteiger partial charge in [0.1, 0.15) is 5.75 Å². The van der Waals surface area contributed by atoms with E-state index in [9.17, 15) is 9.59 Å². The molecule has 1 saturated carbocycles. The molecule has 1 fully saturated rings. The molecule has 6 nitrogen and oxygen atoms in total. The highest BCUT2D eigenvalue weighted by Gasteiger charge is 2.32. The number of ether oxygens (including phenoxy) is 1. The number of halogens is 1. The Morgan fingerprint density at radius 3 is 2.96 bits per heavy atom. The van der Waals surface area contributed by atoms with E-state index in [1.54, 1.807) is 25.1 Å². The van der Waals surface area contributed by atoms with E-state index in [-0.39, 0.29) is 36.1 Å². The molecule has 3 atom stereocenters. The van der Waals surface area contributed by atoms with Crippen molar-refractivity contribution in [3.63, 3.8) is 0 Å². The molecule has 2 aliphatic rings. The first-order valence-electron chi connectivity index (χ1n) is 7.71. The number of hydrogen-bond acceptors (Lipinski definition) is 4. The molecule has 2 amide bonds. The zero-order chi connectivity index (χ0) is 15.7. The van der Waals surface area contributed by atoms with Crippen LogP contribution in [0.15, 0.2) is 18.2 Å². The summed E-state index contributed by atoms with van der Waals surface area (Å²) in [5, 5.41) is 5.70. The topological polar surface area (TPSA) is 93.4 Å². The van der Waals surface area contributed by atoms with Crippen LogP contribution in [0, 0.1) is 11.8 Å². The van der Waals surface area contributed by atoms with Crippen LogP contribution in [0.1, 0.15) is 26.2 Å². The average molecular weight is 340 g/mol. The highest BCUT2D eigenvalue weighted by Crippen LogP contribution is 2.34. The highest BCUT2D eigenvalue weighted by molar-refractivity contribution is 5.99. The summed E-state index contributed by atoms with van der Waals surface area (Å²) < 4.78 is 5.50. The van der Waals surface area contributed by atoms with Gasteiger partial charge in [-0.25, -0.2) is 0 Å². The number of nitrogens with two attached hydrogens (primary N) is 1. The summed E-state index contributed by atoms with van der Waals surface area (Å²) in [6.07, 6.45) is 2.44. The van der Waals surface area contributed by atoms with E-state index in [4.69, 9.17) is 10.5 Å². The Bertz CT molecular complexity index is 608. The number of hydrogen-bond donors (Lipinski definition) is 3. The Labute approximate surface area is 141 Å². The Morgan fingerprint density at radius 1 is 1.43 bits per heavy atom. The second-order valence-electron chi connectivity index (χ2n) is 5.98. The monoisotopic (exact) mass is 339 g/mol. The lowest BCUT2D eigenvalue weighted by Gasteiger charge is -2.24. The number of carbonyl (C=O) groups excluding carboxylic acids is 2. The van der Waals surface area contributed by atoms with Gasteiger partial charge < -0.3 is 21.1 Å². The van der Waals surface area contributed by atoms with E-state index in [1.807, 2.05) is 0 Å². The molecule has 1 unspecified atom stereocenters. The Morgan fingerprint density at radius 2 is 2.22 bits per heavy atom. The molecule has 1 aliphatic carbocycles. The van der Waals surface area contributed by atoms with Crippen LogP contribution in [0.2, 0.25) is 0 Å². The summed E-state index contributed by atoms with van der Waals surface area (Å²) in [4.78, 5) is 24.0. The predicted octanol–water partition coefficient (Wildman–Crippen LogP) is 2.14. The van der Waals surface area contributed by atoms with Crippen LogP contribution >= 0.6 is 12.4 Å². The largest absolute Gasteiger partial charge is 0.479 e. The van der Waals surface area contributed by atoms with Gasteiger partial charge in [0.25, 0.3) is 5.91 Å². The minimum absolute atomic E-state index is 0. The van der Waals surface area contributed by atoms with E-state index in [2.05, 4.69) is 10.6 Å². The predicted molar refractivity (Wildman–Crippen MR) is 90.9 cm³/mol. The maximum Gasteiger partial charge on any atom is 0.265 e. The lowest BCUT2D eigenvalue weighted by atomic mass is 9.95. The first-order chi connectivity index (χ1) is 10.6. The summed E-state index contributed by atoms with van der Waals surface area (Å²) in [5.41, 5.74) is 6.97.